The maximum Gasteiger partial charge on any atom is 0.338 e. The van der Waals surface area contributed by atoms with Gasteiger partial charge >= 0.3 is 5.97 Å². The van der Waals surface area contributed by atoms with Crippen LogP contribution in [0.4, 0.5) is 5.69 Å². The minimum absolute atomic E-state index is 0.375. The molecular weight excluding hydrogens is 214 g/mol. The number of halogens is 1. The SMILES string of the molecule is CC(C)(C)OC(=O)c1ccc(Cl)c(N)c1. The van der Waals surface area contributed by atoms with Gasteiger partial charge in [-0.1, -0.05) is 11.6 Å². The number of rotatable bonds is 1. The molecule has 3 nitrogen and oxygen atoms in total. The van der Waals surface area contributed by atoms with Gasteiger partial charge in [0.2, 0.25) is 0 Å². The third-order valence-corrected chi connectivity index (χ3v) is 1.97. The lowest BCUT2D eigenvalue weighted by Crippen LogP contribution is -2.23. The first-order chi connectivity index (χ1) is 6.79. The highest BCUT2D eigenvalue weighted by Crippen LogP contribution is 2.21. The van der Waals surface area contributed by atoms with E-state index < -0.39 is 11.6 Å². The van der Waals surface area contributed by atoms with Gasteiger partial charge in [0.1, 0.15) is 5.60 Å². The molecular formula is C11H14ClNO2. The van der Waals surface area contributed by atoms with Gasteiger partial charge in [0.05, 0.1) is 16.3 Å². The van der Waals surface area contributed by atoms with Crippen LogP contribution in [0.15, 0.2) is 18.2 Å². The number of nitrogens with two attached hydrogens (primary N) is 1. The number of benzene rings is 1. The van der Waals surface area contributed by atoms with E-state index in [0.717, 1.165) is 0 Å². The normalized spacial score (nSPS) is 11.2. The summed E-state index contributed by atoms with van der Waals surface area (Å²) in [5.41, 5.74) is 5.86. The van der Waals surface area contributed by atoms with Crippen molar-refractivity contribution in [2.45, 2.75) is 26.4 Å². The first-order valence-corrected chi connectivity index (χ1v) is 4.96. The van der Waals surface area contributed by atoms with Crippen molar-refractivity contribution in [2.75, 3.05) is 5.73 Å². The summed E-state index contributed by atoms with van der Waals surface area (Å²) in [6, 6.07) is 4.68. The minimum atomic E-state index is -0.508. The van der Waals surface area contributed by atoms with Gasteiger partial charge in [-0.2, -0.15) is 0 Å². The zero-order valence-corrected chi connectivity index (χ0v) is 9.76. The third-order valence-electron chi connectivity index (χ3n) is 1.63. The van der Waals surface area contributed by atoms with E-state index in [1.807, 2.05) is 20.8 Å². The fraction of sp³-hybridized carbons (Fsp3) is 0.364. The second kappa shape index (κ2) is 4.11. The lowest BCUT2D eigenvalue weighted by Gasteiger charge is -2.19. The van der Waals surface area contributed by atoms with E-state index in [1.165, 1.54) is 6.07 Å². The number of hydrogen-bond acceptors (Lipinski definition) is 3. The van der Waals surface area contributed by atoms with Crippen molar-refractivity contribution in [3.8, 4) is 0 Å². The highest BCUT2D eigenvalue weighted by atomic mass is 35.5. The molecule has 0 radical (unpaired) electrons. The van der Waals surface area contributed by atoms with Crippen LogP contribution < -0.4 is 5.73 Å². The zero-order chi connectivity index (χ0) is 11.6. The first-order valence-electron chi connectivity index (χ1n) is 4.58. The summed E-state index contributed by atoms with van der Waals surface area (Å²) in [6.07, 6.45) is 0. The van der Waals surface area contributed by atoms with Crippen molar-refractivity contribution in [1.29, 1.82) is 0 Å². The van der Waals surface area contributed by atoms with Crippen LogP contribution in [0.5, 0.6) is 0 Å². The highest BCUT2D eigenvalue weighted by molar-refractivity contribution is 6.33. The van der Waals surface area contributed by atoms with Gasteiger partial charge < -0.3 is 10.5 Å². The molecule has 0 saturated heterocycles. The molecule has 15 heavy (non-hydrogen) atoms. The molecule has 0 fully saturated rings. The van der Waals surface area contributed by atoms with E-state index >= 15 is 0 Å². The third kappa shape index (κ3) is 3.44. The second-order valence-corrected chi connectivity index (χ2v) is 4.65. The first kappa shape index (κ1) is 11.9. The molecule has 0 amide bonds. The van der Waals surface area contributed by atoms with Crippen LogP contribution in [0.3, 0.4) is 0 Å². The largest absolute Gasteiger partial charge is 0.456 e. The molecule has 0 aliphatic carbocycles. The van der Waals surface area contributed by atoms with E-state index in [2.05, 4.69) is 0 Å². The Morgan fingerprint density at radius 3 is 2.47 bits per heavy atom. The van der Waals surface area contributed by atoms with Crippen molar-refractivity contribution in [1.82, 2.24) is 0 Å². The van der Waals surface area contributed by atoms with Gasteiger partial charge in [-0.3, -0.25) is 0 Å². The number of ether oxygens (including phenoxy) is 1. The molecule has 1 rings (SSSR count). The van der Waals surface area contributed by atoms with Crippen molar-refractivity contribution in [3.63, 3.8) is 0 Å². The van der Waals surface area contributed by atoms with Gasteiger partial charge in [0, 0.05) is 0 Å². The molecule has 1 aromatic rings. The second-order valence-electron chi connectivity index (χ2n) is 4.24. The summed E-state index contributed by atoms with van der Waals surface area (Å²) in [7, 11) is 0. The Hall–Kier alpha value is -1.22. The number of anilines is 1. The molecule has 0 aromatic heterocycles. The Kier molecular flexibility index (Phi) is 3.25. The van der Waals surface area contributed by atoms with Crippen LogP contribution in [-0.2, 0) is 4.74 Å². The van der Waals surface area contributed by atoms with Crippen molar-refractivity contribution < 1.29 is 9.53 Å². The molecule has 0 heterocycles. The smallest absolute Gasteiger partial charge is 0.338 e. The summed E-state index contributed by atoms with van der Waals surface area (Å²) < 4.78 is 5.18. The summed E-state index contributed by atoms with van der Waals surface area (Å²) in [6.45, 7) is 5.43. The quantitative estimate of drug-likeness (QED) is 0.593. The Morgan fingerprint density at radius 2 is 2.00 bits per heavy atom. The average molecular weight is 228 g/mol. The minimum Gasteiger partial charge on any atom is -0.456 e. The molecule has 1 aromatic carbocycles. The Bertz CT molecular complexity index is 383. The van der Waals surface area contributed by atoms with Crippen LogP contribution >= 0.6 is 11.6 Å². The monoisotopic (exact) mass is 227 g/mol. The number of carbonyl (C=O) groups is 1. The van der Waals surface area contributed by atoms with Crippen molar-refractivity contribution in [2.24, 2.45) is 0 Å². The lowest BCUT2D eigenvalue weighted by atomic mass is 10.1. The van der Waals surface area contributed by atoms with Crippen LogP contribution in [-0.4, -0.2) is 11.6 Å². The van der Waals surface area contributed by atoms with Gasteiger partial charge in [-0.05, 0) is 39.0 Å². The molecule has 0 spiro atoms. The van der Waals surface area contributed by atoms with Gasteiger partial charge in [-0.15, -0.1) is 0 Å². The van der Waals surface area contributed by atoms with E-state index in [9.17, 15) is 4.79 Å². The number of hydrogen-bond donors (Lipinski definition) is 1. The highest BCUT2D eigenvalue weighted by Gasteiger charge is 2.18. The fourth-order valence-corrected chi connectivity index (χ4v) is 1.13. The average Bonchev–Trinajstić information content (AvgIpc) is 2.06. The Balaban J connectivity index is 2.88. The molecule has 0 aliphatic heterocycles. The van der Waals surface area contributed by atoms with E-state index in [4.69, 9.17) is 22.1 Å². The molecule has 4 heteroatoms. The van der Waals surface area contributed by atoms with Crippen molar-refractivity contribution in [3.05, 3.63) is 28.8 Å². The molecule has 82 valence electrons. The summed E-state index contributed by atoms with van der Waals surface area (Å²) in [5, 5.41) is 0.433. The van der Waals surface area contributed by atoms with Gasteiger partial charge in [0.15, 0.2) is 0 Å². The predicted octanol–water partition coefficient (Wildman–Crippen LogP) is 2.88. The van der Waals surface area contributed by atoms with Gasteiger partial charge in [-0.25, -0.2) is 4.79 Å². The van der Waals surface area contributed by atoms with E-state index in [1.54, 1.807) is 12.1 Å². The number of nitrogen functional groups attached to an aromatic ring is 1. The maximum atomic E-state index is 11.6. The molecule has 2 N–H and O–H groups in total. The Morgan fingerprint density at radius 1 is 1.40 bits per heavy atom. The fourth-order valence-electron chi connectivity index (χ4n) is 1.01. The summed E-state index contributed by atoms with van der Waals surface area (Å²) in [5.74, 6) is -0.397. The molecule has 0 saturated carbocycles. The lowest BCUT2D eigenvalue weighted by molar-refractivity contribution is 0.00696. The summed E-state index contributed by atoms with van der Waals surface area (Å²) in [4.78, 5) is 11.6. The maximum absolute atomic E-state index is 11.6. The molecule has 0 bridgehead atoms. The topological polar surface area (TPSA) is 52.3 Å². The number of carbonyl (C=O) groups excluding carboxylic acids is 1. The number of esters is 1. The predicted molar refractivity (Wildman–Crippen MR) is 61.0 cm³/mol. The standard InChI is InChI=1S/C11H14ClNO2/c1-11(2,3)15-10(14)7-4-5-8(12)9(13)6-7/h4-6H,13H2,1-3H3. The van der Waals surface area contributed by atoms with E-state index in [-0.39, 0.29) is 0 Å². The van der Waals surface area contributed by atoms with E-state index in [0.29, 0.717) is 16.3 Å². The van der Waals surface area contributed by atoms with Crippen LogP contribution in [0, 0.1) is 0 Å². The van der Waals surface area contributed by atoms with Crippen LogP contribution in [0.25, 0.3) is 0 Å². The van der Waals surface area contributed by atoms with Gasteiger partial charge in [0.25, 0.3) is 0 Å². The molecule has 0 aliphatic rings. The van der Waals surface area contributed by atoms with Crippen molar-refractivity contribution >= 4 is 23.3 Å². The zero-order valence-electron chi connectivity index (χ0n) is 9.00. The van der Waals surface area contributed by atoms with Crippen LogP contribution in [0.2, 0.25) is 5.02 Å². The Labute approximate surface area is 94.2 Å². The summed E-state index contributed by atoms with van der Waals surface area (Å²) >= 11 is 5.74. The van der Waals surface area contributed by atoms with Crippen LogP contribution in [0.1, 0.15) is 31.1 Å². The molecule has 0 atom stereocenters. The molecule has 0 unspecified atom stereocenters.